The molecule has 0 aromatic heterocycles. The van der Waals surface area contributed by atoms with Gasteiger partial charge >= 0.3 is 0 Å². The van der Waals surface area contributed by atoms with Gasteiger partial charge in [0.05, 0.1) is 6.54 Å². The molecule has 0 radical (unpaired) electrons. The van der Waals surface area contributed by atoms with Crippen molar-refractivity contribution in [1.82, 2.24) is 4.90 Å². The van der Waals surface area contributed by atoms with Gasteiger partial charge in [-0.05, 0) is 49.6 Å². The second-order valence-corrected chi connectivity index (χ2v) is 6.93. The minimum absolute atomic E-state index is 0.0211. The first kappa shape index (κ1) is 16.9. The van der Waals surface area contributed by atoms with E-state index in [0.717, 1.165) is 30.7 Å². The van der Waals surface area contributed by atoms with E-state index in [-0.39, 0.29) is 5.91 Å². The lowest BCUT2D eigenvalue weighted by Crippen LogP contribution is -2.34. The van der Waals surface area contributed by atoms with Crippen molar-refractivity contribution in [2.24, 2.45) is 0 Å². The fourth-order valence-electron chi connectivity index (χ4n) is 3.84. The van der Waals surface area contributed by atoms with Crippen LogP contribution in [0.15, 0.2) is 42.5 Å². The van der Waals surface area contributed by atoms with Gasteiger partial charge in [0.25, 0.3) is 0 Å². The fraction of sp³-hybridized carbons (Fsp3) is 0.381. The predicted molar refractivity (Wildman–Crippen MR) is 101 cm³/mol. The van der Waals surface area contributed by atoms with Gasteiger partial charge in [-0.25, -0.2) is 0 Å². The molecular weight excluding hydrogens is 328 g/mol. The smallest absolute Gasteiger partial charge is 0.238 e. The Morgan fingerprint density at radius 2 is 1.96 bits per heavy atom. The van der Waals surface area contributed by atoms with Crippen LogP contribution in [0.25, 0.3) is 0 Å². The molecule has 2 aliphatic rings. The Bertz CT molecular complexity index is 806. The van der Waals surface area contributed by atoms with E-state index in [0.29, 0.717) is 31.5 Å². The molecule has 2 aromatic carbocycles. The van der Waals surface area contributed by atoms with Crippen LogP contribution < -0.4 is 14.8 Å². The summed E-state index contributed by atoms with van der Waals surface area (Å²) in [4.78, 5) is 14.7. The van der Waals surface area contributed by atoms with Crippen LogP contribution in [-0.2, 0) is 11.2 Å². The fourth-order valence-corrected chi connectivity index (χ4v) is 3.84. The minimum atomic E-state index is -0.0211. The zero-order valence-corrected chi connectivity index (χ0v) is 15.0. The lowest BCUT2D eigenvalue weighted by atomic mass is 9.87. The van der Waals surface area contributed by atoms with Crippen LogP contribution >= 0.6 is 0 Å². The van der Waals surface area contributed by atoms with Crippen molar-refractivity contribution < 1.29 is 14.3 Å². The van der Waals surface area contributed by atoms with Gasteiger partial charge in [-0.2, -0.15) is 0 Å². The first-order chi connectivity index (χ1) is 12.7. The maximum atomic E-state index is 12.5. The number of fused-ring (bicyclic) bond motifs is 2. The Morgan fingerprint density at radius 3 is 2.85 bits per heavy atom. The molecule has 0 unspecified atom stereocenters. The van der Waals surface area contributed by atoms with Crippen molar-refractivity contribution in [3.63, 3.8) is 0 Å². The number of likely N-dealkylation sites (N-methyl/N-ethyl adjacent to an activating group) is 1. The van der Waals surface area contributed by atoms with E-state index in [1.54, 1.807) is 0 Å². The van der Waals surface area contributed by atoms with Gasteiger partial charge in [-0.3, -0.25) is 9.69 Å². The number of anilines is 1. The topological polar surface area (TPSA) is 50.8 Å². The number of carbonyl (C=O) groups excluding carboxylic acids is 1. The third-order valence-corrected chi connectivity index (χ3v) is 5.09. The predicted octanol–water partition coefficient (Wildman–Crippen LogP) is 3.41. The standard InChI is InChI=1S/C21H24N2O3/c1-23(18-8-4-6-15-5-2-3-7-17(15)18)14-21(24)22-16-9-10-19-20(13-16)26-12-11-25-19/h2-3,5,7,9-10,13,18H,4,6,8,11-12,14H2,1H3,(H,22,24)/t18-/m1/s1. The molecule has 5 nitrogen and oxygen atoms in total. The number of nitrogens with one attached hydrogen (secondary N) is 1. The molecule has 0 saturated carbocycles. The van der Waals surface area contributed by atoms with E-state index < -0.39 is 0 Å². The van der Waals surface area contributed by atoms with Gasteiger partial charge in [-0.1, -0.05) is 24.3 Å². The molecule has 0 saturated heterocycles. The summed E-state index contributed by atoms with van der Waals surface area (Å²) in [6.07, 6.45) is 3.38. The largest absolute Gasteiger partial charge is 0.486 e. The van der Waals surface area contributed by atoms with Crippen LogP contribution in [0.4, 0.5) is 5.69 Å². The second-order valence-electron chi connectivity index (χ2n) is 6.93. The maximum absolute atomic E-state index is 12.5. The Hall–Kier alpha value is -2.53. The van der Waals surface area contributed by atoms with Crippen LogP contribution in [0.5, 0.6) is 11.5 Å². The third kappa shape index (κ3) is 3.53. The zero-order chi connectivity index (χ0) is 17.9. The highest BCUT2D eigenvalue weighted by Gasteiger charge is 2.24. The molecule has 1 heterocycles. The lowest BCUT2D eigenvalue weighted by Gasteiger charge is -2.32. The van der Waals surface area contributed by atoms with Gasteiger partial charge in [0.2, 0.25) is 5.91 Å². The molecule has 26 heavy (non-hydrogen) atoms. The summed E-state index contributed by atoms with van der Waals surface area (Å²) in [7, 11) is 2.02. The summed E-state index contributed by atoms with van der Waals surface area (Å²) in [6, 6.07) is 14.4. The van der Waals surface area contributed by atoms with Crippen molar-refractivity contribution in [3.05, 3.63) is 53.6 Å². The first-order valence-corrected chi connectivity index (χ1v) is 9.18. The summed E-state index contributed by atoms with van der Waals surface area (Å²) in [5, 5.41) is 2.97. The van der Waals surface area contributed by atoms with Crippen molar-refractivity contribution >= 4 is 11.6 Å². The quantitative estimate of drug-likeness (QED) is 0.916. The van der Waals surface area contributed by atoms with E-state index in [9.17, 15) is 4.79 Å². The summed E-state index contributed by atoms with van der Waals surface area (Å²) in [6.45, 7) is 1.45. The first-order valence-electron chi connectivity index (χ1n) is 9.18. The molecule has 4 rings (SSSR count). The van der Waals surface area contributed by atoms with Crippen LogP contribution in [0.3, 0.4) is 0 Å². The Balaban J connectivity index is 1.41. The molecule has 136 valence electrons. The van der Waals surface area contributed by atoms with Gasteiger partial charge < -0.3 is 14.8 Å². The van der Waals surface area contributed by atoms with Crippen molar-refractivity contribution in [1.29, 1.82) is 0 Å². The number of hydrogen-bond donors (Lipinski definition) is 1. The van der Waals surface area contributed by atoms with E-state index in [1.807, 2.05) is 25.2 Å². The summed E-state index contributed by atoms with van der Waals surface area (Å²) < 4.78 is 11.1. The molecule has 1 atom stereocenters. The molecule has 0 fully saturated rings. The summed E-state index contributed by atoms with van der Waals surface area (Å²) in [5.74, 6) is 1.39. The van der Waals surface area contributed by atoms with E-state index in [2.05, 4.69) is 34.5 Å². The summed E-state index contributed by atoms with van der Waals surface area (Å²) in [5.41, 5.74) is 3.49. The van der Waals surface area contributed by atoms with Crippen molar-refractivity contribution in [2.45, 2.75) is 25.3 Å². The molecule has 1 amide bonds. The number of carbonyl (C=O) groups is 1. The monoisotopic (exact) mass is 352 g/mol. The highest BCUT2D eigenvalue weighted by molar-refractivity contribution is 5.92. The van der Waals surface area contributed by atoms with Crippen molar-refractivity contribution in [3.8, 4) is 11.5 Å². The molecule has 1 N–H and O–H groups in total. The number of amides is 1. The van der Waals surface area contributed by atoms with Crippen LogP contribution in [0.2, 0.25) is 0 Å². The number of benzene rings is 2. The molecule has 1 aliphatic heterocycles. The number of ether oxygens (including phenoxy) is 2. The molecular formula is C21H24N2O3. The molecule has 0 bridgehead atoms. The molecule has 2 aromatic rings. The SMILES string of the molecule is CN(CC(=O)Nc1ccc2c(c1)OCCO2)[C@@H]1CCCc2ccccc21. The number of rotatable bonds is 4. The van der Waals surface area contributed by atoms with Crippen molar-refractivity contribution in [2.75, 3.05) is 32.1 Å². The van der Waals surface area contributed by atoms with Crippen LogP contribution in [0, 0.1) is 0 Å². The maximum Gasteiger partial charge on any atom is 0.238 e. The van der Waals surface area contributed by atoms with Gasteiger partial charge in [-0.15, -0.1) is 0 Å². The second kappa shape index (κ2) is 7.38. The normalized spacial score (nSPS) is 18.3. The highest BCUT2D eigenvalue weighted by Crippen LogP contribution is 2.34. The minimum Gasteiger partial charge on any atom is -0.486 e. The average molecular weight is 352 g/mol. The average Bonchev–Trinajstić information content (AvgIpc) is 2.67. The molecule has 5 heteroatoms. The van der Waals surface area contributed by atoms with Crippen LogP contribution in [0.1, 0.15) is 30.0 Å². The molecule has 1 aliphatic carbocycles. The third-order valence-electron chi connectivity index (χ3n) is 5.09. The number of nitrogens with zero attached hydrogens (tertiary/aromatic N) is 1. The summed E-state index contributed by atoms with van der Waals surface area (Å²) >= 11 is 0. The van der Waals surface area contributed by atoms with E-state index in [1.165, 1.54) is 11.1 Å². The Morgan fingerprint density at radius 1 is 1.15 bits per heavy atom. The number of aryl methyl sites for hydroxylation is 1. The number of hydrogen-bond acceptors (Lipinski definition) is 4. The molecule has 0 spiro atoms. The van der Waals surface area contributed by atoms with Gasteiger partial charge in [0, 0.05) is 17.8 Å². The zero-order valence-electron chi connectivity index (χ0n) is 15.0. The Kier molecular flexibility index (Phi) is 4.80. The van der Waals surface area contributed by atoms with E-state index in [4.69, 9.17) is 9.47 Å². The Labute approximate surface area is 153 Å². The van der Waals surface area contributed by atoms with Gasteiger partial charge in [0.15, 0.2) is 11.5 Å². The van der Waals surface area contributed by atoms with Gasteiger partial charge in [0.1, 0.15) is 13.2 Å². The van der Waals surface area contributed by atoms with Crippen LogP contribution in [-0.4, -0.2) is 37.6 Å². The van der Waals surface area contributed by atoms with E-state index >= 15 is 0 Å². The highest BCUT2D eigenvalue weighted by atomic mass is 16.6. The lowest BCUT2D eigenvalue weighted by molar-refractivity contribution is -0.117.